The van der Waals surface area contributed by atoms with Crippen LogP contribution in [0.5, 0.6) is 0 Å². The number of carboxylic acids is 1. The third-order valence-corrected chi connectivity index (χ3v) is 2.21. The fourth-order valence-corrected chi connectivity index (χ4v) is 0.945. The SMILES string of the molecule is CC(O)CCN(C)C(=O)NCC(C)C(=O)O. The van der Waals surface area contributed by atoms with Crippen molar-refractivity contribution >= 4 is 12.0 Å². The molecule has 0 saturated carbocycles. The summed E-state index contributed by atoms with van der Waals surface area (Å²) < 4.78 is 0. The van der Waals surface area contributed by atoms with Crippen LogP contribution in [0.25, 0.3) is 0 Å². The molecule has 6 heteroatoms. The minimum absolute atomic E-state index is 0.104. The molecule has 0 aliphatic carbocycles. The van der Waals surface area contributed by atoms with Crippen molar-refractivity contribution in [3.8, 4) is 0 Å². The smallest absolute Gasteiger partial charge is 0.317 e. The number of rotatable bonds is 6. The predicted molar refractivity (Wildman–Crippen MR) is 59.1 cm³/mol. The monoisotopic (exact) mass is 232 g/mol. The number of nitrogens with one attached hydrogen (secondary N) is 1. The number of urea groups is 1. The van der Waals surface area contributed by atoms with Gasteiger partial charge in [-0.15, -0.1) is 0 Å². The number of carbonyl (C=O) groups is 2. The molecule has 0 fully saturated rings. The topological polar surface area (TPSA) is 89.9 Å². The Morgan fingerprint density at radius 2 is 1.94 bits per heavy atom. The maximum atomic E-state index is 11.4. The number of amides is 2. The molecule has 16 heavy (non-hydrogen) atoms. The highest BCUT2D eigenvalue weighted by molar-refractivity contribution is 5.75. The third kappa shape index (κ3) is 6.23. The molecule has 0 rings (SSSR count). The molecule has 0 aromatic rings. The number of carbonyl (C=O) groups excluding carboxylic acids is 1. The van der Waals surface area contributed by atoms with Gasteiger partial charge in [0.15, 0.2) is 0 Å². The number of aliphatic hydroxyl groups is 1. The first-order chi connectivity index (χ1) is 7.34. The number of hydrogen-bond donors (Lipinski definition) is 3. The number of nitrogens with zero attached hydrogens (tertiary/aromatic N) is 1. The molecule has 6 nitrogen and oxygen atoms in total. The van der Waals surface area contributed by atoms with Crippen molar-refractivity contribution in [1.82, 2.24) is 10.2 Å². The van der Waals surface area contributed by atoms with Crippen LogP contribution >= 0.6 is 0 Å². The highest BCUT2D eigenvalue weighted by Crippen LogP contribution is 1.95. The standard InChI is InChI=1S/C10H20N2O4/c1-7(9(14)15)6-11-10(16)12(3)5-4-8(2)13/h7-8,13H,4-6H2,1-3H3,(H,11,16)(H,14,15). The van der Waals surface area contributed by atoms with E-state index >= 15 is 0 Å². The maximum Gasteiger partial charge on any atom is 0.317 e. The first-order valence-corrected chi connectivity index (χ1v) is 5.24. The van der Waals surface area contributed by atoms with Crippen LogP contribution < -0.4 is 5.32 Å². The van der Waals surface area contributed by atoms with Gasteiger partial charge in [0.05, 0.1) is 12.0 Å². The second kappa shape index (κ2) is 7.05. The summed E-state index contributed by atoms with van der Waals surface area (Å²) in [7, 11) is 1.60. The van der Waals surface area contributed by atoms with Crippen molar-refractivity contribution in [3.05, 3.63) is 0 Å². The zero-order chi connectivity index (χ0) is 12.7. The Hall–Kier alpha value is -1.30. The van der Waals surface area contributed by atoms with Crippen molar-refractivity contribution in [1.29, 1.82) is 0 Å². The molecule has 0 radical (unpaired) electrons. The Bertz CT molecular complexity index is 243. The van der Waals surface area contributed by atoms with E-state index in [1.807, 2.05) is 0 Å². The van der Waals surface area contributed by atoms with Gasteiger partial charge in [-0.25, -0.2) is 4.79 Å². The van der Waals surface area contributed by atoms with Gasteiger partial charge in [0.25, 0.3) is 0 Å². The van der Waals surface area contributed by atoms with Gasteiger partial charge in [-0.3, -0.25) is 4.79 Å². The summed E-state index contributed by atoms with van der Waals surface area (Å²) in [6.07, 6.45) is 0.0477. The molecule has 0 aliphatic rings. The lowest BCUT2D eigenvalue weighted by atomic mass is 10.2. The first kappa shape index (κ1) is 14.7. The number of aliphatic carboxylic acids is 1. The van der Waals surface area contributed by atoms with E-state index in [1.54, 1.807) is 14.0 Å². The molecular weight excluding hydrogens is 212 g/mol. The van der Waals surface area contributed by atoms with Gasteiger partial charge in [-0.05, 0) is 13.3 Å². The van der Waals surface area contributed by atoms with Gasteiger partial charge in [-0.1, -0.05) is 6.92 Å². The summed E-state index contributed by atoms with van der Waals surface area (Å²) in [4.78, 5) is 23.3. The average Bonchev–Trinajstić information content (AvgIpc) is 2.21. The van der Waals surface area contributed by atoms with Gasteiger partial charge in [0, 0.05) is 20.1 Å². The summed E-state index contributed by atoms with van der Waals surface area (Å²) in [6.45, 7) is 3.72. The zero-order valence-corrected chi connectivity index (χ0v) is 9.93. The second-order valence-corrected chi connectivity index (χ2v) is 3.98. The number of carboxylic acid groups (broad SMARTS) is 1. The molecule has 2 amide bonds. The van der Waals surface area contributed by atoms with E-state index in [0.717, 1.165) is 0 Å². The second-order valence-electron chi connectivity index (χ2n) is 3.98. The Morgan fingerprint density at radius 1 is 1.38 bits per heavy atom. The fourth-order valence-electron chi connectivity index (χ4n) is 0.945. The summed E-state index contributed by atoms with van der Waals surface area (Å²) in [6, 6.07) is -0.325. The van der Waals surface area contributed by atoms with E-state index in [4.69, 9.17) is 10.2 Å². The Labute approximate surface area is 95.2 Å². The lowest BCUT2D eigenvalue weighted by Crippen LogP contribution is -2.41. The van der Waals surface area contributed by atoms with E-state index in [2.05, 4.69) is 5.32 Å². The molecular formula is C10H20N2O4. The molecule has 0 saturated heterocycles. The summed E-state index contributed by atoms with van der Waals surface area (Å²) >= 11 is 0. The molecule has 2 unspecified atom stereocenters. The Morgan fingerprint density at radius 3 is 2.38 bits per heavy atom. The van der Waals surface area contributed by atoms with E-state index in [0.29, 0.717) is 13.0 Å². The lowest BCUT2D eigenvalue weighted by molar-refractivity contribution is -0.140. The summed E-state index contributed by atoms with van der Waals surface area (Å²) in [5.74, 6) is -1.54. The minimum Gasteiger partial charge on any atom is -0.481 e. The van der Waals surface area contributed by atoms with Crippen molar-refractivity contribution < 1.29 is 19.8 Å². The third-order valence-electron chi connectivity index (χ3n) is 2.21. The maximum absolute atomic E-state index is 11.4. The van der Waals surface area contributed by atoms with Crippen LogP contribution in [-0.2, 0) is 4.79 Å². The first-order valence-electron chi connectivity index (χ1n) is 5.24. The predicted octanol–water partition coefficient (Wildman–Crippen LogP) is 0.119. The van der Waals surface area contributed by atoms with Crippen LogP contribution in [0.15, 0.2) is 0 Å². The van der Waals surface area contributed by atoms with E-state index in [9.17, 15) is 9.59 Å². The van der Waals surface area contributed by atoms with E-state index in [1.165, 1.54) is 11.8 Å². The Balaban J connectivity index is 3.83. The minimum atomic E-state index is -0.938. The van der Waals surface area contributed by atoms with Crippen LogP contribution in [0.1, 0.15) is 20.3 Å². The van der Waals surface area contributed by atoms with Crippen molar-refractivity contribution in [2.24, 2.45) is 5.92 Å². The molecule has 0 aromatic heterocycles. The average molecular weight is 232 g/mol. The molecule has 94 valence electrons. The van der Waals surface area contributed by atoms with E-state index in [-0.39, 0.29) is 12.6 Å². The van der Waals surface area contributed by atoms with Crippen LogP contribution in [0, 0.1) is 5.92 Å². The number of hydrogen-bond acceptors (Lipinski definition) is 3. The lowest BCUT2D eigenvalue weighted by Gasteiger charge is -2.19. The van der Waals surface area contributed by atoms with Crippen molar-refractivity contribution in [2.45, 2.75) is 26.4 Å². The molecule has 0 bridgehead atoms. The molecule has 0 aromatic carbocycles. The van der Waals surface area contributed by atoms with Crippen LogP contribution in [0.3, 0.4) is 0 Å². The van der Waals surface area contributed by atoms with Crippen molar-refractivity contribution in [3.63, 3.8) is 0 Å². The zero-order valence-electron chi connectivity index (χ0n) is 9.93. The molecule has 0 aliphatic heterocycles. The quantitative estimate of drug-likeness (QED) is 0.606. The summed E-state index contributed by atoms with van der Waals surface area (Å²) in [5, 5.41) is 20.2. The van der Waals surface area contributed by atoms with Crippen LogP contribution in [0.2, 0.25) is 0 Å². The highest BCUT2D eigenvalue weighted by Gasteiger charge is 2.14. The van der Waals surface area contributed by atoms with Crippen LogP contribution in [0.4, 0.5) is 4.79 Å². The fraction of sp³-hybridized carbons (Fsp3) is 0.800. The highest BCUT2D eigenvalue weighted by atomic mass is 16.4. The van der Waals surface area contributed by atoms with Crippen molar-refractivity contribution in [2.75, 3.05) is 20.1 Å². The van der Waals surface area contributed by atoms with Gasteiger partial charge in [0.1, 0.15) is 0 Å². The normalized spacial score (nSPS) is 14.0. The van der Waals surface area contributed by atoms with E-state index < -0.39 is 18.0 Å². The van der Waals surface area contributed by atoms with Gasteiger partial charge < -0.3 is 20.4 Å². The van der Waals surface area contributed by atoms with Gasteiger partial charge >= 0.3 is 12.0 Å². The number of aliphatic hydroxyl groups excluding tert-OH is 1. The van der Waals surface area contributed by atoms with Crippen LogP contribution in [-0.4, -0.2) is 53.4 Å². The Kier molecular flexibility index (Phi) is 6.48. The molecule has 2 atom stereocenters. The molecule has 0 heterocycles. The van der Waals surface area contributed by atoms with Gasteiger partial charge in [-0.2, -0.15) is 0 Å². The largest absolute Gasteiger partial charge is 0.481 e. The molecule has 0 spiro atoms. The van der Waals surface area contributed by atoms with Gasteiger partial charge in [0.2, 0.25) is 0 Å². The summed E-state index contributed by atoms with van der Waals surface area (Å²) in [5.41, 5.74) is 0. The molecule has 3 N–H and O–H groups in total.